The molecule has 2 aliphatic rings. The number of rotatable bonds is 5. The van der Waals surface area contributed by atoms with Crippen LogP contribution in [-0.4, -0.2) is 71.9 Å². The molecular formula is C26H31F3N8O. The third-order valence-electron chi connectivity index (χ3n) is 7.77. The minimum absolute atomic E-state index is 0.102. The molecule has 0 amide bonds. The standard InChI is InChI=1S/C26H31F3N8O/c1-16-12-35(17(2)11-34(16)13-19-6-8-20(9-7-19)26(27,28)29)23-22-24(37-15-30-33-25(37)32-23)36(18(3)31-22)14-21-5-4-10-38-21/h6-9,15-17,21H,4-5,10-14H2,1-3H3/t16-,17+,21+/m1/s1. The number of halogens is 3. The minimum atomic E-state index is -4.33. The van der Waals surface area contributed by atoms with E-state index in [0.717, 1.165) is 66.5 Å². The number of nitrogens with zero attached hydrogens (tertiary/aromatic N) is 8. The van der Waals surface area contributed by atoms with Crippen molar-refractivity contribution in [2.45, 2.75) is 71.1 Å². The Morgan fingerprint density at radius 2 is 1.84 bits per heavy atom. The van der Waals surface area contributed by atoms with Gasteiger partial charge in [-0.25, -0.2) is 9.38 Å². The molecule has 0 N–H and O–H groups in total. The predicted octanol–water partition coefficient (Wildman–Crippen LogP) is 4.08. The number of benzene rings is 1. The number of hydrogen-bond acceptors (Lipinski definition) is 7. The largest absolute Gasteiger partial charge is 0.416 e. The van der Waals surface area contributed by atoms with E-state index in [2.05, 4.69) is 38.4 Å². The number of piperazine rings is 1. The second-order valence-electron chi connectivity index (χ2n) is 10.5. The number of imidazole rings is 1. The molecule has 12 heteroatoms. The Bertz CT molecular complexity index is 1440. The number of ether oxygens (including phenoxy) is 1. The summed E-state index contributed by atoms with van der Waals surface area (Å²) in [5.74, 6) is 2.19. The fourth-order valence-corrected chi connectivity index (χ4v) is 5.71. The van der Waals surface area contributed by atoms with Crippen molar-refractivity contribution in [3.05, 3.63) is 47.5 Å². The van der Waals surface area contributed by atoms with Gasteiger partial charge in [0, 0.05) is 38.3 Å². The van der Waals surface area contributed by atoms with Crippen LogP contribution in [0, 0.1) is 6.92 Å². The molecule has 2 saturated heterocycles. The van der Waals surface area contributed by atoms with E-state index in [-0.39, 0.29) is 18.2 Å². The molecule has 2 aliphatic heterocycles. The molecule has 202 valence electrons. The Labute approximate surface area is 218 Å². The fraction of sp³-hybridized carbons (Fsp3) is 0.538. The molecule has 0 saturated carbocycles. The van der Waals surface area contributed by atoms with E-state index in [1.807, 2.05) is 11.3 Å². The van der Waals surface area contributed by atoms with Crippen molar-refractivity contribution in [3.63, 3.8) is 0 Å². The Kier molecular flexibility index (Phi) is 6.26. The van der Waals surface area contributed by atoms with E-state index >= 15 is 0 Å². The first kappa shape index (κ1) is 25.1. The zero-order valence-corrected chi connectivity index (χ0v) is 21.7. The van der Waals surface area contributed by atoms with Crippen molar-refractivity contribution in [1.29, 1.82) is 0 Å². The summed E-state index contributed by atoms with van der Waals surface area (Å²) in [5, 5.41) is 8.37. The third-order valence-corrected chi connectivity index (χ3v) is 7.77. The molecule has 0 bridgehead atoms. The van der Waals surface area contributed by atoms with Gasteiger partial charge in [-0.15, -0.1) is 10.2 Å². The van der Waals surface area contributed by atoms with Crippen molar-refractivity contribution in [2.24, 2.45) is 0 Å². The fourth-order valence-electron chi connectivity index (χ4n) is 5.71. The van der Waals surface area contributed by atoms with E-state index in [4.69, 9.17) is 14.7 Å². The molecule has 4 aromatic rings. The number of aryl methyl sites for hydroxylation is 1. The second kappa shape index (κ2) is 9.49. The average Bonchev–Trinajstić information content (AvgIpc) is 3.62. The molecule has 6 rings (SSSR count). The summed E-state index contributed by atoms with van der Waals surface area (Å²) in [6.07, 6.45) is -0.405. The molecule has 5 heterocycles. The molecule has 1 aromatic carbocycles. The predicted molar refractivity (Wildman–Crippen MR) is 136 cm³/mol. The maximum Gasteiger partial charge on any atom is 0.416 e. The molecule has 38 heavy (non-hydrogen) atoms. The number of anilines is 1. The van der Waals surface area contributed by atoms with Crippen LogP contribution in [0.25, 0.3) is 16.9 Å². The van der Waals surface area contributed by atoms with E-state index < -0.39 is 11.7 Å². The van der Waals surface area contributed by atoms with Crippen LogP contribution in [0.5, 0.6) is 0 Å². The van der Waals surface area contributed by atoms with Gasteiger partial charge in [-0.3, -0.25) is 4.90 Å². The van der Waals surface area contributed by atoms with E-state index in [1.54, 1.807) is 18.5 Å². The van der Waals surface area contributed by atoms with Gasteiger partial charge in [-0.05, 0) is 51.3 Å². The van der Waals surface area contributed by atoms with E-state index in [0.29, 0.717) is 25.4 Å². The quantitative estimate of drug-likeness (QED) is 0.386. The van der Waals surface area contributed by atoms with Gasteiger partial charge in [-0.2, -0.15) is 18.2 Å². The Balaban J connectivity index is 1.29. The highest BCUT2D eigenvalue weighted by molar-refractivity contribution is 5.87. The molecule has 0 unspecified atom stereocenters. The van der Waals surface area contributed by atoms with E-state index in [1.165, 1.54) is 0 Å². The zero-order chi connectivity index (χ0) is 26.6. The molecule has 9 nitrogen and oxygen atoms in total. The summed E-state index contributed by atoms with van der Waals surface area (Å²) in [5.41, 5.74) is 1.96. The Morgan fingerprint density at radius 1 is 1.05 bits per heavy atom. The third kappa shape index (κ3) is 4.49. The van der Waals surface area contributed by atoms with Gasteiger partial charge >= 0.3 is 6.18 Å². The summed E-state index contributed by atoms with van der Waals surface area (Å²) >= 11 is 0. The molecular weight excluding hydrogens is 497 g/mol. The van der Waals surface area contributed by atoms with Gasteiger partial charge in [0.2, 0.25) is 0 Å². The maximum atomic E-state index is 13.0. The van der Waals surface area contributed by atoms with E-state index in [9.17, 15) is 13.2 Å². The van der Waals surface area contributed by atoms with Crippen LogP contribution in [0.2, 0.25) is 0 Å². The summed E-state index contributed by atoms with van der Waals surface area (Å²) < 4.78 is 48.9. The lowest BCUT2D eigenvalue weighted by Crippen LogP contribution is -2.56. The number of alkyl halides is 3. The molecule has 0 spiro atoms. The maximum absolute atomic E-state index is 13.0. The highest BCUT2D eigenvalue weighted by atomic mass is 19.4. The van der Waals surface area contributed by atoms with Crippen LogP contribution in [0.4, 0.5) is 19.0 Å². The van der Waals surface area contributed by atoms with Gasteiger partial charge < -0.3 is 14.2 Å². The first-order valence-corrected chi connectivity index (χ1v) is 13.0. The van der Waals surface area contributed by atoms with Crippen molar-refractivity contribution in [1.82, 2.24) is 34.0 Å². The number of hydrogen-bond donors (Lipinski definition) is 0. The van der Waals surface area contributed by atoms with Crippen LogP contribution in [0.15, 0.2) is 30.6 Å². The van der Waals surface area contributed by atoms with Crippen LogP contribution < -0.4 is 4.90 Å². The number of aromatic nitrogens is 6. The highest BCUT2D eigenvalue weighted by Crippen LogP contribution is 2.32. The van der Waals surface area contributed by atoms with Gasteiger partial charge in [0.1, 0.15) is 17.7 Å². The smallest absolute Gasteiger partial charge is 0.376 e. The van der Waals surface area contributed by atoms with Crippen LogP contribution in [0.3, 0.4) is 0 Å². The minimum Gasteiger partial charge on any atom is -0.376 e. The van der Waals surface area contributed by atoms with Crippen molar-refractivity contribution in [3.8, 4) is 0 Å². The lowest BCUT2D eigenvalue weighted by molar-refractivity contribution is -0.137. The molecule has 3 aromatic heterocycles. The topological polar surface area (TPSA) is 76.6 Å². The van der Waals surface area contributed by atoms with Gasteiger partial charge in [-0.1, -0.05) is 12.1 Å². The summed E-state index contributed by atoms with van der Waals surface area (Å²) in [6.45, 7) is 9.80. The SMILES string of the molecule is Cc1nc2c(N3C[C@@H](C)N(Cc4ccc(C(F)(F)F)cc4)C[C@@H]3C)nc3nncn3c2n1C[C@@H]1CCCO1. The van der Waals surface area contributed by atoms with Gasteiger partial charge in [0.15, 0.2) is 11.5 Å². The molecule has 0 radical (unpaired) electrons. The second-order valence-corrected chi connectivity index (χ2v) is 10.5. The Hall–Kier alpha value is -3.25. The molecule has 0 aliphatic carbocycles. The van der Waals surface area contributed by atoms with Crippen molar-refractivity contribution < 1.29 is 17.9 Å². The van der Waals surface area contributed by atoms with Crippen molar-refractivity contribution in [2.75, 3.05) is 24.6 Å². The summed E-state index contributed by atoms with van der Waals surface area (Å²) in [4.78, 5) is 14.4. The lowest BCUT2D eigenvalue weighted by atomic mass is 10.1. The summed E-state index contributed by atoms with van der Waals surface area (Å²) in [7, 11) is 0. The van der Waals surface area contributed by atoms with Crippen LogP contribution in [-0.2, 0) is 24.0 Å². The van der Waals surface area contributed by atoms with Gasteiger partial charge in [0.05, 0.1) is 18.2 Å². The monoisotopic (exact) mass is 528 g/mol. The first-order chi connectivity index (χ1) is 18.2. The zero-order valence-electron chi connectivity index (χ0n) is 21.7. The number of fused-ring (bicyclic) bond motifs is 3. The molecule has 2 fully saturated rings. The Morgan fingerprint density at radius 3 is 2.55 bits per heavy atom. The van der Waals surface area contributed by atoms with Crippen molar-refractivity contribution >= 4 is 22.8 Å². The lowest BCUT2D eigenvalue weighted by Gasteiger charge is -2.44. The normalized spacial score (nSPS) is 23.2. The average molecular weight is 529 g/mol. The van der Waals surface area contributed by atoms with Crippen LogP contribution >= 0.6 is 0 Å². The van der Waals surface area contributed by atoms with Gasteiger partial charge in [0.25, 0.3) is 5.78 Å². The highest BCUT2D eigenvalue weighted by Gasteiger charge is 2.34. The molecule has 3 atom stereocenters. The van der Waals surface area contributed by atoms with Crippen LogP contribution in [0.1, 0.15) is 43.6 Å². The first-order valence-electron chi connectivity index (χ1n) is 13.0. The summed E-state index contributed by atoms with van der Waals surface area (Å²) in [6, 6.07) is 5.70.